The lowest BCUT2D eigenvalue weighted by Gasteiger charge is -2.19. The maximum atomic E-state index is 12.6. The first kappa shape index (κ1) is 19.6. The van der Waals surface area contributed by atoms with Crippen LogP contribution in [0.5, 0.6) is 0 Å². The Morgan fingerprint density at radius 3 is 2.68 bits per heavy atom. The van der Waals surface area contributed by atoms with Crippen LogP contribution in [0.25, 0.3) is 11.1 Å². The molecular formula is C20H17ClN4O3. The lowest BCUT2D eigenvalue weighted by Crippen LogP contribution is -2.39. The fraction of sp³-hybridized carbons (Fsp3) is 0.150. The highest BCUT2D eigenvalue weighted by molar-refractivity contribution is 6.29. The molecule has 2 heterocycles. The normalized spacial score (nSPS) is 12.8. The summed E-state index contributed by atoms with van der Waals surface area (Å²) >= 11 is 5.94. The minimum absolute atomic E-state index is 0.200. The number of halogens is 1. The molecule has 142 valence electrons. The van der Waals surface area contributed by atoms with Gasteiger partial charge in [0.05, 0.1) is 5.56 Å². The highest BCUT2D eigenvalue weighted by Crippen LogP contribution is 2.30. The molecule has 0 saturated heterocycles. The number of aliphatic hydroxyl groups excluding tert-OH is 2. The van der Waals surface area contributed by atoms with Crippen LogP contribution >= 0.6 is 11.6 Å². The summed E-state index contributed by atoms with van der Waals surface area (Å²) in [7, 11) is 0. The van der Waals surface area contributed by atoms with Crippen molar-refractivity contribution in [2.75, 3.05) is 0 Å². The molecule has 8 heteroatoms. The van der Waals surface area contributed by atoms with E-state index in [9.17, 15) is 20.3 Å². The van der Waals surface area contributed by atoms with Crippen molar-refractivity contribution < 1.29 is 15.0 Å². The van der Waals surface area contributed by atoms with Crippen LogP contribution in [0.4, 0.5) is 0 Å². The molecule has 0 saturated carbocycles. The predicted molar refractivity (Wildman–Crippen MR) is 103 cm³/mol. The molecule has 4 N–H and O–H groups in total. The number of carbonyl (C=O) groups is 1. The van der Waals surface area contributed by atoms with Crippen LogP contribution in [0.1, 0.15) is 33.3 Å². The molecule has 0 radical (unpaired) electrons. The second kappa shape index (κ2) is 8.23. The Bertz CT molecular complexity index is 1040. The van der Waals surface area contributed by atoms with Crippen molar-refractivity contribution >= 4 is 17.5 Å². The number of H-pyrrole nitrogens is 1. The molecule has 2 atom stereocenters. The van der Waals surface area contributed by atoms with E-state index in [0.717, 1.165) is 0 Å². The number of hydrogen-bond donors (Lipinski definition) is 4. The topological polar surface area (TPSA) is 122 Å². The second-order valence-corrected chi connectivity index (χ2v) is 6.53. The largest absolute Gasteiger partial charge is 0.384 e. The zero-order valence-electron chi connectivity index (χ0n) is 14.8. The molecule has 3 aromatic rings. The Hall–Kier alpha value is -3.18. The van der Waals surface area contributed by atoms with Gasteiger partial charge < -0.3 is 20.5 Å². The Labute approximate surface area is 166 Å². The SMILES string of the molecule is Cc1c(-c2cc(Cl)ncc2C#N)c[nH]c1C(=O)NC(O)C(O)c1ccccc1. The summed E-state index contributed by atoms with van der Waals surface area (Å²) in [5, 5.41) is 32.3. The fourth-order valence-electron chi connectivity index (χ4n) is 2.87. The van der Waals surface area contributed by atoms with Gasteiger partial charge in [-0.3, -0.25) is 4.79 Å². The number of carbonyl (C=O) groups excluding carboxylic acids is 1. The fourth-order valence-corrected chi connectivity index (χ4v) is 3.03. The molecule has 1 aromatic carbocycles. The van der Waals surface area contributed by atoms with Gasteiger partial charge in [-0.05, 0) is 24.1 Å². The van der Waals surface area contributed by atoms with E-state index < -0.39 is 18.2 Å². The molecule has 28 heavy (non-hydrogen) atoms. The van der Waals surface area contributed by atoms with Crippen LogP contribution in [-0.2, 0) is 0 Å². The minimum atomic E-state index is -1.49. The van der Waals surface area contributed by atoms with E-state index in [2.05, 4.69) is 15.3 Å². The number of nitrogens with one attached hydrogen (secondary N) is 2. The summed E-state index contributed by atoms with van der Waals surface area (Å²) in [4.78, 5) is 19.3. The molecule has 7 nitrogen and oxygen atoms in total. The average Bonchev–Trinajstić information content (AvgIpc) is 3.09. The van der Waals surface area contributed by atoms with Crippen molar-refractivity contribution in [3.8, 4) is 17.2 Å². The first-order valence-corrected chi connectivity index (χ1v) is 8.76. The molecule has 0 aliphatic carbocycles. The molecule has 0 bridgehead atoms. The van der Waals surface area contributed by atoms with E-state index in [1.807, 2.05) is 6.07 Å². The molecule has 0 fully saturated rings. The summed E-state index contributed by atoms with van der Waals surface area (Å²) in [5.74, 6) is -0.593. The van der Waals surface area contributed by atoms with Gasteiger partial charge in [-0.2, -0.15) is 5.26 Å². The number of hydrogen-bond acceptors (Lipinski definition) is 5. The van der Waals surface area contributed by atoms with Crippen LogP contribution in [0, 0.1) is 18.3 Å². The zero-order chi connectivity index (χ0) is 20.3. The third kappa shape index (κ3) is 3.89. The quantitative estimate of drug-likeness (QED) is 0.390. The Kier molecular flexibility index (Phi) is 5.76. The molecule has 0 aliphatic heterocycles. The van der Waals surface area contributed by atoms with Crippen LogP contribution in [0.15, 0.2) is 48.8 Å². The number of nitriles is 1. The van der Waals surface area contributed by atoms with Crippen LogP contribution in [-0.4, -0.2) is 32.3 Å². The van der Waals surface area contributed by atoms with Gasteiger partial charge >= 0.3 is 0 Å². The van der Waals surface area contributed by atoms with Crippen LogP contribution in [0.2, 0.25) is 5.15 Å². The van der Waals surface area contributed by atoms with Gasteiger partial charge in [-0.15, -0.1) is 0 Å². The number of pyridine rings is 1. The monoisotopic (exact) mass is 396 g/mol. The van der Waals surface area contributed by atoms with E-state index in [1.54, 1.807) is 49.5 Å². The number of aliphatic hydroxyl groups is 2. The van der Waals surface area contributed by atoms with E-state index >= 15 is 0 Å². The van der Waals surface area contributed by atoms with Gasteiger partial charge in [0, 0.05) is 23.5 Å². The number of rotatable bonds is 5. The van der Waals surface area contributed by atoms with Crippen LogP contribution < -0.4 is 5.32 Å². The van der Waals surface area contributed by atoms with Crippen molar-refractivity contribution in [2.24, 2.45) is 0 Å². The third-order valence-corrected chi connectivity index (χ3v) is 4.57. The summed E-state index contributed by atoms with van der Waals surface area (Å²) in [6.07, 6.45) is 0.177. The minimum Gasteiger partial charge on any atom is -0.384 e. The lowest BCUT2D eigenvalue weighted by molar-refractivity contribution is -0.000969. The van der Waals surface area contributed by atoms with E-state index in [-0.39, 0.29) is 10.8 Å². The summed E-state index contributed by atoms with van der Waals surface area (Å²) in [6.45, 7) is 1.70. The molecule has 1 amide bonds. The predicted octanol–water partition coefficient (Wildman–Crippen LogP) is 2.69. The smallest absolute Gasteiger partial charge is 0.270 e. The number of benzene rings is 1. The maximum Gasteiger partial charge on any atom is 0.270 e. The Morgan fingerprint density at radius 2 is 2.00 bits per heavy atom. The molecule has 2 aromatic heterocycles. The number of nitrogens with zero attached hydrogens (tertiary/aromatic N) is 2. The molecule has 3 rings (SSSR count). The first-order valence-electron chi connectivity index (χ1n) is 8.38. The third-order valence-electron chi connectivity index (χ3n) is 4.37. The second-order valence-electron chi connectivity index (χ2n) is 6.14. The van der Waals surface area contributed by atoms with E-state index in [0.29, 0.717) is 27.8 Å². The summed E-state index contributed by atoms with van der Waals surface area (Å²) in [5.41, 5.74) is 2.72. The Morgan fingerprint density at radius 1 is 1.29 bits per heavy atom. The number of amides is 1. The molecule has 0 aliphatic rings. The van der Waals surface area contributed by atoms with Gasteiger partial charge in [0.1, 0.15) is 23.0 Å². The summed E-state index contributed by atoms with van der Waals surface area (Å²) < 4.78 is 0. The van der Waals surface area contributed by atoms with Crippen molar-refractivity contribution in [3.63, 3.8) is 0 Å². The Balaban J connectivity index is 1.83. The number of aromatic nitrogens is 2. The summed E-state index contributed by atoms with van der Waals surface area (Å²) in [6, 6.07) is 12.1. The van der Waals surface area contributed by atoms with Gasteiger partial charge in [0.2, 0.25) is 0 Å². The van der Waals surface area contributed by atoms with Gasteiger partial charge in [-0.1, -0.05) is 41.9 Å². The highest BCUT2D eigenvalue weighted by atomic mass is 35.5. The molecule has 0 spiro atoms. The molecular weight excluding hydrogens is 380 g/mol. The van der Waals surface area contributed by atoms with Gasteiger partial charge in [0.25, 0.3) is 5.91 Å². The maximum absolute atomic E-state index is 12.6. The van der Waals surface area contributed by atoms with Gasteiger partial charge in [-0.25, -0.2) is 4.98 Å². The lowest BCUT2D eigenvalue weighted by atomic mass is 10.0. The zero-order valence-corrected chi connectivity index (χ0v) is 15.6. The van der Waals surface area contributed by atoms with E-state index in [4.69, 9.17) is 11.6 Å². The first-order chi connectivity index (χ1) is 13.4. The van der Waals surface area contributed by atoms with Crippen molar-refractivity contribution in [1.29, 1.82) is 5.26 Å². The van der Waals surface area contributed by atoms with Gasteiger partial charge in [0.15, 0.2) is 6.23 Å². The van der Waals surface area contributed by atoms with Crippen molar-refractivity contribution in [3.05, 3.63) is 76.3 Å². The molecule has 2 unspecified atom stereocenters. The number of aromatic amines is 1. The van der Waals surface area contributed by atoms with Crippen molar-refractivity contribution in [2.45, 2.75) is 19.3 Å². The van der Waals surface area contributed by atoms with Crippen LogP contribution in [0.3, 0.4) is 0 Å². The van der Waals surface area contributed by atoms with E-state index in [1.165, 1.54) is 6.20 Å². The standard InChI is InChI=1S/C20H17ClN4O3/c1-11-15(14-7-16(21)23-9-13(14)8-22)10-24-17(11)19(27)25-20(28)18(26)12-5-3-2-4-6-12/h2-7,9-10,18,20,24,26,28H,1H3,(H,25,27). The van der Waals surface area contributed by atoms with Crippen molar-refractivity contribution in [1.82, 2.24) is 15.3 Å². The average molecular weight is 397 g/mol. The highest BCUT2D eigenvalue weighted by Gasteiger charge is 2.23.